The number of carbonyl (C=O) groups excluding carboxylic acids is 1. The number of carbonyl (C=O) groups is 1. The summed E-state index contributed by atoms with van der Waals surface area (Å²) in [6.07, 6.45) is -1.45. The van der Waals surface area contributed by atoms with E-state index in [9.17, 15) is 18.0 Å². The fraction of sp³-hybridized carbons (Fsp3) is 0.611. The molecular formula is C18H22F3NO2. The third-order valence-electron chi connectivity index (χ3n) is 5.40. The standard InChI is InChI=1S/C18H22F3NO2/c1-12(18(19,20)21)24-14-7-5-13(6-8-14)15-4-2-3-9-17(15)10-11-22-16(17)23/h5-8,12,15H,2-4,9-11H2,1H3,(H,22,23). The first-order chi connectivity index (χ1) is 11.3. The van der Waals surface area contributed by atoms with Crippen LogP contribution in [0, 0.1) is 5.41 Å². The third kappa shape index (κ3) is 3.10. The zero-order valence-corrected chi connectivity index (χ0v) is 13.7. The van der Waals surface area contributed by atoms with Crippen molar-refractivity contribution in [3.05, 3.63) is 29.8 Å². The van der Waals surface area contributed by atoms with Crippen LogP contribution in [0.15, 0.2) is 24.3 Å². The highest BCUT2D eigenvalue weighted by atomic mass is 19.4. The summed E-state index contributed by atoms with van der Waals surface area (Å²) in [6, 6.07) is 6.77. The lowest BCUT2D eigenvalue weighted by Crippen LogP contribution is -2.39. The van der Waals surface area contributed by atoms with Gasteiger partial charge < -0.3 is 10.1 Å². The number of rotatable bonds is 3. The van der Waals surface area contributed by atoms with Crippen LogP contribution in [0.5, 0.6) is 5.75 Å². The number of hydrogen-bond donors (Lipinski definition) is 1. The second-order valence-corrected chi connectivity index (χ2v) is 6.83. The van der Waals surface area contributed by atoms with Gasteiger partial charge >= 0.3 is 6.18 Å². The van der Waals surface area contributed by atoms with Gasteiger partial charge in [-0.25, -0.2) is 0 Å². The molecule has 3 unspecified atom stereocenters. The molecule has 6 heteroatoms. The largest absolute Gasteiger partial charge is 0.481 e. The van der Waals surface area contributed by atoms with E-state index in [1.165, 1.54) is 0 Å². The summed E-state index contributed by atoms with van der Waals surface area (Å²) >= 11 is 0. The summed E-state index contributed by atoms with van der Waals surface area (Å²) in [5, 5.41) is 2.95. The fourth-order valence-corrected chi connectivity index (χ4v) is 4.03. The van der Waals surface area contributed by atoms with Gasteiger partial charge in [-0.15, -0.1) is 0 Å². The maximum Gasteiger partial charge on any atom is 0.425 e. The Morgan fingerprint density at radius 2 is 1.92 bits per heavy atom. The van der Waals surface area contributed by atoms with Crippen LogP contribution < -0.4 is 10.1 Å². The molecule has 3 atom stereocenters. The van der Waals surface area contributed by atoms with Gasteiger partial charge in [-0.1, -0.05) is 25.0 Å². The van der Waals surface area contributed by atoms with Crippen molar-refractivity contribution in [2.75, 3.05) is 6.54 Å². The maximum atomic E-state index is 12.6. The minimum absolute atomic E-state index is 0.123. The predicted molar refractivity (Wildman–Crippen MR) is 83.9 cm³/mol. The molecule has 132 valence electrons. The lowest BCUT2D eigenvalue weighted by molar-refractivity contribution is -0.189. The summed E-state index contributed by atoms with van der Waals surface area (Å²) in [5.41, 5.74) is 0.665. The van der Waals surface area contributed by atoms with Crippen LogP contribution in [0.2, 0.25) is 0 Å². The lowest BCUT2D eigenvalue weighted by atomic mass is 9.63. The highest BCUT2D eigenvalue weighted by molar-refractivity contribution is 5.86. The Morgan fingerprint density at radius 3 is 2.50 bits per heavy atom. The molecule has 24 heavy (non-hydrogen) atoms. The second kappa shape index (κ2) is 6.30. The molecule has 3 rings (SSSR count). The fourth-order valence-electron chi connectivity index (χ4n) is 4.03. The predicted octanol–water partition coefficient (Wildman–Crippen LogP) is 4.18. The van der Waals surface area contributed by atoms with Crippen LogP contribution in [0.25, 0.3) is 0 Å². The highest BCUT2D eigenvalue weighted by Gasteiger charge is 2.49. The van der Waals surface area contributed by atoms with Gasteiger partial charge in [-0.2, -0.15) is 13.2 Å². The molecule has 3 nitrogen and oxygen atoms in total. The molecule has 1 N–H and O–H groups in total. The SMILES string of the molecule is CC(Oc1ccc(C2CCCCC23CCNC3=O)cc1)C(F)(F)F. The Balaban J connectivity index is 1.78. The van der Waals surface area contributed by atoms with Gasteiger partial charge in [0.2, 0.25) is 5.91 Å². The van der Waals surface area contributed by atoms with Gasteiger partial charge in [0.15, 0.2) is 6.10 Å². The average molecular weight is 341 g/mol. The van der Waals surface area contributed by atoms with Crippen LogP contribution in [0.4, 0.5) is 13.2 Å². The number of alkyl halides is 3. The van der Waals surface area contributed by atoms with E-state index in [2.05, 4.69) is 5.32 Å². The molecule has 1 aromatic rings. The van der Waals surface area contributed by atoms with Gasteiger partial charge in [0.05, 0.1) is 5.41 Å². The van der Waals surface area contributed by atoms with Crippen molar-refractivity contribution in [2.45, 2.75) is 57.2 Å². The van der Waals surface area contributed by atoms with Crippen molar-refractivity contribution in [1.82, 2.24) is 5.32 Å². The average Bonchev–Trinajstić information content (AvgIpc) is 2.89. The Hall–Kier alpha value is -1.72. The van der Waals surface area contributed by atoms with Crippen molar-refractivity contribution < 1.29 is 22.7 Å². The van der Waals surface area contributed by atoms with Crippen molar-refractivity contribution in [3.63, 3.8) is 0 Å². The molecule has 1 saturated carbocycles. The minimum atomic E-state index is -4.38. The lowest BCUT2D eigenvalue weighted by Gasteiger charge is -2.39. The Morgan fingerprint density at radius 1 is 1.21 bits per heavy atom. The number of benzene rings is 1. The molecular weight excluding hydrogens is 319 g/mol. The van der Waals surface area contributed by atoms with E-state index in [0.717, 1.165) is 44.6 Å². The van der Waals surface area contributed by atoms with Crippen LogP contribution in [-0.2, 0) is 4.79 Å². The molecule has 0 radical (unpaired) electrons. The Labute approximate surface area is 139 Å². The van der Waals surface area contributed by atoms with Crippen molar-refractivity contribution in [1.29, 1.82) is 0 Å². The molecule has 0 bridgehead atoms. The van der Waals surface area contributed by atoms with Crippen LogP contribution in [0.3, 0.4) is 0 Å². The Kier molecular flexibility index (Phi) is 4.49. The number of halogens is 3. The summed E-state index contributed by atoms with van der Waals surface area (Å²) in [4.78, 5) is 12.4. The molecule has 1 aromatic carbocycles. The summed E-state index contributed by atoms with van der Waals surface area (Å²) in [6.45, 7) is 1.70. The van der Waals surface area contributed by atoms with Crippen LogP contribution >= 0.6 is 0 Å². The number of nitrogens with one attached hydrogen (secondary N) is 1. The number of amides is 1. The van der Waals surface area contributed by atoms with Crippen molar-refractivity contribution >= 4 is 5.91 Å². The van der Waals surface area contributed by atoms with E-state index in [-0.39, 0.29) is 23.0 Å². The van der Waals surface area contributed by atoms with Gasteiger partial charge in [-0.05, 0) is 49.8 Å². The first-order valence-corrected chi connectivity index (χ1v) is 8.44. The molecule has 1 aliphatic carbocycles. The quantitative estimate of drug-likeness (QED) is 0.896. The van der Waals surface area contributed by atoms with Crippen molar-refractivity contribution in [3.8, 4) is 5.75 Å². The van der Waals surface area contributed by atoms with Gasteiger partial charge in [0, 0.05) is 6.54 Å². The molecule has 2 aliphatic rings. The first-order valence-electron chi connectivity index (χ1n) is 8.44. The normalized spacial score (nSPS) is 28.7. The smallest absolute Gasteiger partial charge is 0.425 e. The van der Waals surface area contributed by atoms with Crippen LogP contribution in [-0.4, -0.2) is 24.7 Å². The minimum Gasteiger partial charge on any atom is -0.481 e. The third-order valence-corrected chi connectivity index (χ3v) is 5.40. The molecule has 1 heterocycles. The summed E-state index contributed by atoms with van der Waals surface area (Å²) < 4.78 is 42.7. The molecule has 2 fully saturated rings. The topological polar surface area (TPSA) is 38.3 Å². The Bertz CT molecular complexity index is 599. The summed E-state index contributed by atoms with van der Waals surface area (Å²) in [7, 11) is 0. The van der Waals surface area contributed by atoms with E-state index >= 15 is 0 Å². The summed E-state index contributed by atoms with van der Waals surface area (Å²) in [5.74, 6) is 0.449. The molecule has 1 saturated heterocycles. The first kappa shape index (κ1) is 17.1. The zero-order valence-electron chi connectivity index (χ0n) is 13.7. The van der Waals surface area contributed by atoms with E-state index in [4.69, 9.17) is 4.74 Å². The second-order valence-electron chi connectivity index (χ2n) is 6.83. The zero-order chi connectivity index (χ0) is 17.4. The van der Waals surface area contributed by atoms with Gasteiger partial charge in [0.25, 0.3) is 0 Å². The number of hydrogen-bond acceptors (Lipinski definition) is 2. The van der Waals surface area contributed by atoms with Crippen LogP contribution in [0.1, 0.15) is 50.5 Å². The number of ether oxygens (including phenoxy) is 1. The van der Waals surface area contributed by atoms with E-state index in [0.29, 0.717) is 6.54 Å². The molecule has 1 spiro atoms. The van der Waals surface area contributed by atoms with Gasteiger partial charge in [0.1, 0.15) is 5.75 Å². The van der Waals surface area contributed by atoms with Gasteiger partial charge in [-0.3, -0.25) is 4.79 Å². The highest BCUT2D eigenvalue weighted by Crippen LogP contribution is 2.51. The maximum absolute atomic E-state index is 12.6. The molecule has 1 amide bonds. The molecule has 1 aliphatic heterocycles. The van der Waals surface area contributed by atoms with Crippen molar-refractivity contribution in [2.24, 2.45) is 5.41 Å². The van der Waals surface area contributed by atoms with E-state index in [1.54, 1.807) is 12.1 Å². The monoisotopic (exact) mass is 341 g/mol. The molecule has 0 aromatic heterocycles. The van der Waals surface area contributed by atoms with E-state index in [1.807, 2.05) is 12.1 Å². The van der Waals surface area contributed by atoms with E-state index < -0.39 is 12.3 Å².